The van der Waals surface area contributed by atoms with Crippen LogP contribution < -0.4 is 16.4 Å². The van der Waals surface area contributed by atoms with Crippen molar-refractivity contribution < 1.29 is 19.1 Å². The standard InChI is InChI=1S/C20H31N3O4/c1-2-26-20(25)14-8-13-17(24)12-9-15(11-6-4-3-5-7-11)22-10-16(12)27-19(13)23-18(14)21/h6,12-16,18-19,22-23H,2-5,7-10,21H2,1H3. The van der Waals surface area contributed by atoms with Crippen LogP contribution in [0.3, 0.4) is 0 Å². The van der Waals surface area contributed by atoms with Crippen LogP contribution in [-0.4, -0.2) is 49.4 Å². The molecule has 0 radical (unpaired) electrons. The molecule has 1 aliphatic carbocycles. The van der Waals surface area contributed by atoms with Gasteiger partial charge in [0.2, 0.25) is 0 Å². The van der Waals surface area contributed by atoms with E-state index in [1.54, 1.807) is 6.92 Å². The molecule has 4 N–H and O–H groups in total. The molecule has 7 heteroatoms. The van der Waals surface area contributed by atoms with Gasteiger partial charge in [0, 0.05) is 18.5 Å². The van der Waals surface area contributed by atoms with Crippen LogP contribution in [0.25, 0.3) is 0 Å². The van der Waals surface area contributed by atoms with Crippen molar-refractivity contribution in [2.45, 2.75) is 70.0 Å². The van der Waals surface area contributed by atoms with Crippen molar-refractivity contribution in [3.63, 3.8) is 0 Å². The number of nitrogens with two attached hydrogens (primary N) is 1. The lowest BCUT2D eigenvalue weighted by Gasteiger charge is -2.49. The number of rotatable bonds is 3. The summed E-state index contributed by atoms with van der Waals surface area (Å²) in [5.41, 5.74) is 7.57. The summed E-state index contributed by atoms with van der Waals surface area (Å²) in [6.07, 6.45) is 7.20. The van der Waals surface area contributed by atoms with Crippen molar-refractivity contribution in [1.29, 1.82) is 0 Å². The number of carbonyl (C=O) groups excluding carboxylic acids is 2. The third-order valence-electron chi connectivity index (χ3n) is 6.58. The maximum Gasteiger partial charge on any atom is 0.311 e. The summed E-state index contributed by atoms with van der Waals surface area (Å²) in [5, 5.41) is 6.72. The molecule has 0 amide bonds. The fourth-order valence-corrected chi connectivity index (χ4v) is 5.11. The first-order valence-electron chi connectivity index (χ1n) is 10.4. The zero-order valence-electron chi connectivity index (χ0n) is 16.0. The highest BCUT2D eigenvalue weighted by molar-refractivity contribution is 5.86. The number of esters is 1. The Labute approximate surface area is 160 Å². The Balaban J connectivity index is 1.46. The Morgan fingerprint density at radius 2 is 2.19 bits per heavy atom. The Bertz CT molecular complexity index is 622. The molecule has 150 valence electrons. The molecule has 0 bridgehead atoms. The minimum atomic E-state index is -0.550. The van der Waals surface area contributed by atoms with E-state index in [4.69, 9.17) is 15.2 Å². The molecule has 0 aromatic carbocycles. The predicted octanol–water partition coefficient (Wildman–Crippen LogP) is 0.833. The number of piperidine rings is 2. The zero-order chi connectivity index (χ0) is 19.0. The number of hydrogen-bond donors (Lipinski definition) is 3. The number of carbonyl (C=O) groups is 2. The monoisotopic (exact) mass is 377 g/mol. The molecule has 3 saturated heterocycles. The van der Waals surface area contributed by atoms with Crippen molar-refractivity contribution in [1.82, 2.24) is 10.6 Å². The topological polar surface area (TPSA) is 103 Å². The minimum absolute atomic E-state index is 0.112. The number of ketones is 1. The number of ether oxygens (including phenoxy) is 2. The van der Waals surface area contributed by atoms with Gasteiger partial charge in [-0.05, 0) is 45.4 Å². The average molecular weight is 377 g/mol. The average Bonchev–Trinajstić information content (AvgIpc) is 2.68. The maximum atomic E-state index is 13.3. The molecule has 7 atom stereocenters. The van der Waals surface area contributed by atoms with Crippen LogP contribution in [-0.2, 0) is 19.1 Å². The summed E-state index contributed by atoms with van der Waals surface area (Å²) in [6, 6.07) is 0.273. The zero-order valence-corrected chi connectivity index (χ0v) is 16.0. The molecule has 3 fully saturated rings. The number of allylic oxidation sites excluding steroid dienone is 1. The van der Waals surface area contributed by atoms with Crippen LogP contribution in [0.15, 0.2) is 11.6 Å². The van der Waals surface area contributed by atoms with E-state index in [2.05, 4.69) is 16.7 Å². The van der Waals surface area contributed by atoms with Crippen LogP contribution >= 0.6 is 0 Å². The van der Waals surface area contributed by atoms with Gasteiger partial charge in [-0.2, -0.15) is 0 Å². The Hall–Kier alpha value is -1.28. The molecule has 27 heavy (non-hydrogen) atoms. The normalized spacial score (nSPS) is 41.9. The van der Waals surface area contributed by atoms with Crippen LogP contribution in [0.1, 0.15) is 45.4 Å². The van der Waals surface area contributed by atoms with Crippen LogP contribution in [0.5, 0.6) is 0 Å². The number of Topliss-reactive ketones (excluding diaryl/α,β-unsaturated/α-hetero) is 1. The van der Waals surface area contributed by atoms with E-state index >= 15 is 0 Å². The highest BCUT2D eigenvalue weighted by atomic mass is 16.5. The van der Waals surface area contributed by atoms with E-state index < -0.39 is 18.3 Å². The summed E-state index contributed by atoms with van der Waals surface area (Å²) in [6.45, 7) is 2.77. The van der Waals surface area contributed by atoms with Crippen molar-refractivity contribution in [3.8, 4) is 0 Å². The Morgan fingerprint density at radius 3 is 2.93 bits per heavy atom. The summed E-state index contributed by atoms with van der Waals surface area (Å²) < 4.78 is 11.4. The van der Waals surface area contributed by atoms with Gasteiger partial charge >= 0.3 is 5.97 Å². The molecule has 4 rings (SSSR count). The highest BCUT2D eigenvalue weighted by Gasteiger charge is 2.52. The second-order valence-corrected chi connectivity index (χ2v) is 8.22. The summed E-state index contributed by atoms with van der Waals surface area (Å²) in [7, 11) is 0. The van der Waals surface area contributed by atoms with Gasteiger partial charge in [0.05, 0.1) is 30.7 Å². The summed E-state index contributed by atoms with van der Waals surface area (Å²) in [4.78, 5) is 25.5. The maximum absolute atomic E-state index is 13.3. The molecular formula is C20H31N3O4. The molecule has 0 saturated carbocycles. The van der Waals surface area contributed by atoms with Gasteiger partial charge in [0.1, 0.15) is 12.0 Å². The number of nitrogens with one attached hydrogen (secondary N) is 2. The SMILES string of the molecule is CCOC(=O)C1CC2C(=O)C3CC(C4=CCCCC4)NCC3OC2NC1N. The van der Waals surface area contributed by atoms with E-state index in [0.29, 0.717) is 19.6 Å². The van der Waals surface area contributed by atoms with Crippen LogP contribution in [0, 0.1) is 17.8 Å². The van der Waals surface area contributed by atoms with Crippen molar-refractivity contribution >= 4 is 11.8 Å². The van der Waals surface area contributed by atoms with E-state index in [1.807, 2.05) is 0 Å². The van der Waals surface area contributed by atoms with Gasteiger partial charge in [-0.25, -0.2) is 0 Å². The first kappa shape index (κ1) is 19.1. The third kappa shape index (κ3) is 3.70. The summed E-state index contributed by atoms with van der Waals surface area (Å²) in [5.74, 6) is -1.07. The smallest absolute Gasteiger partial charge is 0.311 e. The lowest BCUT2D eigenvalue weighted by molar-refractivity contribution is -0.181. The van der Waals surface area contributed by atoms with Gasteiger partial charge < -0.3 is 20.5 Å². The second kappa shape index (κ2) is 7.99. The molecule has 0 aromatic heterocycles. The molecule has 0 aromatic rings. The van der Waals surface area contributed by atoms with Crippen LogP contribution in [0.4, 0.5) is 0 Å². The van der Waals surface area contributed by atoms with Gasteiger partial charge in [-0.1, -0.05) is 11.6 Å². The molecule has 7 unspecified atom stereocenters. The number of hydrogen-bond acceptors (Lipinski definition) is 7. The second-order valence-electron chi connectivity index (χ2n) is 8.22. The lowest BCUT2D eigenvalue weighted by Crippen LogP contribution is -2.67. The lowest BCUT2D eigenvalue weighted by atomic mass is 9.72. The highest BCUT2D eigenvalue weighted by Crippen LogP contribution is 2.39. The Morgan fingerprint density at radius 1 is 1.33 bits per heavy atom. The quantitative estimate of drug-likeness (QED) is 0.494. The molecule has 4 aliphatic rings. The first-order valence-corrected chi connectivity index (χ1v) is 10.4. The van der Waals surface area contributed by atoms with Gasteiger partial charge in [-0.15, -0.1) is 0 Å². The van der Waals surface area contributed by atoms with Gasteiger partial charge in [0.25, 0.3) is 0 Å². The Kier molecular flexibility index (Phi) is 5.64. The minimum Gasteiger partial charge on any atom is -0.466 e. The van der Waals surface area contributed by atoms with Gasteiger partial charge in [-0.3, -0.25) is 14.9 Å². The van der Waals surface area contributed by atoms with Gasteiger partial charge in [0.15, 0.2) is 0 Å². The van der Waals surface area contributed by atoms with E-state index in [-0.39, 0.29) is 35.7 Å². The molecule has 3 heterocycles. The number of fused-ring (bicyclic) bond motifs is 2. The van der Waals surface area contributed by atoms with E-state index in [0.717, 1.165) is 19.3 Å². The third-order valence-corrected chi connectivity index (χ3v) is 6.58. The fraction of sp³-hybridized carbons (Fsp3) is 0.800. The van der Waals surface area contributed by atoms with E-state index in [9.17, 15) is 9.59 Å². The summed E-state index contributed by atoms with van der Waals surface area (Å²) >= 11 is 0. The molecular weight excluding hydrogens is 346 g/mol. The van der Waals surface area contributed by atoms with E-state index in [1.165, 1.54) is 18.4 Å². The molecule has 3 aliphatic heterocycles. The largest absolute Gasteiger partial charge is 0.466 e. The van der Waals surface area contributed by atoms with Crippen molar-refractivity contribution in [3.05, 3.63) is 11.6 Å². The van der Waals surface area contributed by atoms with Crippen LogP contribution in [0.2, 0.25) is 0 Å². The fourth-order valence-electron chi connectivity index (χ4n) is 5.11. The van der Waals surface area contributed by atoms with Crippen molar-refractivity contribution in [2.75, 3.05) is 13.2 Å². The first-order chi connectivity index (χ1) is 13.1. The van der Waals surface area contributed by atoms with Crippen molar-refractivity contribution in [2.24, 2.45) is 23.5 Å². The molecule has 0 spiro atoms. The predicted molar refractivity (Wildman–Crippen MR) is 99.5 cm³/mol. The molecule has 7 nitrogen and oxygen atoms in total.